The van der Waals surface area contributed by atoms with E-state index in [1.165, 1.54) is 38.5 Å². The summed E-state index contributed by atoms with van der Waals surface area (Å²) in [6, 6.07) is 0. The molecule has 1 atom stereocenters. The second-order valence-electron chi connectivity index (χ2n) is 5.73. The van der Waals surface area contributed by atoms with Gasteiger partial charge in [-0.25, -0.2) is 0 Å². The number of esters is 1. The van der Waals surface area contributed by atoms with Crippen LogP contribution >= 0.6 is 0 Å². The molecule has 21 heavy (non-hydrogen) atoms. The zero-order valence-electron chi connectivity index (χ0n) is 13.7. The maximum absolute atomic E-state index is 11.8. The molecule has 0 aromatic rings. The third-order valence-electron chi connectivity index (χ3n) is 3.61. The van der Waals surface area contributed by atoms with Gasteiger partial charge in [0.2, 0.25) is 0 Å². The molecule has 0 saturated heterocycles. The molecule has 0 radical (unpaired) electrons. The quantitative estimate of drug-likeness (QED) is 0.377. The molecule has 124 valence electrons. The number of carboxylic acids is 1. The Kier molecular flexibility index (Phi) is 13.2. The Morgan fingerprint density at radius 1 is 0.905 bits per heavy atom. The maximum Gasteiger partial charge on any atom is 0.309 e. The van der Waals surface area contributed by atoms with Crippen LogP contribution in [0.25, 0.3) is 0 Å². The van der Waals surface area contributed by atoms with Crippen molar-refractivity contribution in [3.05, 3.63) is 0 Å². The smallest absolute Gasteiger partial charge is 0.309 e. The van der Waals surface area contributed by atoms with Crippen LogP contribution in [-0.2, 0) is 14.3 Å². The van der Waals surface area contributed by atoms with Crippen molar-refractivity contribution in [2.24, 2.45) is 5.92 Å². The Hall–Kier alpha value is -1.06. The van der Waals surface area contributed by atoms with Crippen molar-refractivity contribution in [1.29, 1.82) is 0 Å². The first-order valence-corrected chi connectivity index (χ1v) is 8.50. The van der Waals surface area contributed by atoms with Crippen LogP contribution in [0, 0.1) is 5.92 Å². The standard InChI is InChI=1S/C17H32O4/c1-3-5-6-7-8-9-10-11-12-15(14-16(18)19)17(20)21-13-4-2/h15H,3-14H2,1-2H3,(H,18,19). The van der Waals surface area contributed by atoms with Crippen molar-refractivity contribution in [2.45, 2.75) is 84.5 Å². The maximum atomic E-state index is 11.8. The summed E-state index contributed by atoms with van der Waals surface area (Å²) in [7, 11) is 0. The minimum atomic E-state index is -0.923. The molecule has 0 spiro atoms. The second-order valence-corrected chi connectivity index (χ2v) is 5.73. The lowest BCUT2D eigenvalue weighted by atomic mass is 9.97. The zero-order valence-corrected chi connectivity index (χ0v) is 13.7. The Balaban J connectivity index is 3.80. The van der Waals surface area contributed by atoms with Crippen LogP contribution in [-0.4, -0.2) is 23.7 Å². The van der Waals surface area contributed by atoms with Crippen LogP contribution in [0.5, 0.6) is 0 Å². The fraction of sp³-hybridized carbons (Fsp3) is 0.882. The molecular formula is C17H32O4. The molecular weight excluding hydrogens is 268 g/mol. The summed E-state index contributed by atoms with van der Waals surface area (Å²) in [5.41, 5.74) is 0. The van der Waals surface area contributed by atoms with Gasteiger partial charge in [0.15, 0.2) is 0 Å². The van der Waals surface area contributed by atoms with Gasteiger partial charge in [0.1, 0.15) is 0 Å². The summed E-state index contributed by atoms with van der Waals surface area (Å²) in [6.45, 7) is 4.52. The summed E-state index contributed by atoms with van der Waals surface area (Å²) in [4.78, 5) is 22.6. The van der Waals surface area contributed by atoms with Crippen molar-refractivity contribution in [3.63, 3.8) is 0 Å². The van der Waals surface area contributed by atoms with E-state index < -0.39 is 11.9 Å². The van der Waals surface area contributed by atoms with Crippen molar-refractivity contribution < 1.29 is 19.4 Å². The molecule has 0 rings (SSSR count). The lowest BCUT2D eigenvalue weighted by Crippen LogP contribution is -2.21. The predicted molar refractivity (Wildman–Crippen MR) is 84.2 cm³/mol. The van der Waals surface area contributed by atoms with Crippen LogP contribution in [0.2, 0.25) is 0 Å². The first-order chi connectivity index (χ1) is 10.1. The lowest BCUT2D eigenvalue weighted by molar-refractivity contribution is -0.153. The van der Waals surface area contributed by atoms with Crippen LogP contribution in [0.15, 0.2) is 0 Å². The fourth-order valence-corrected chi connectivity index (χ4v) is 2.36. The molecule has 0 heterocycles. The minimum absolute atomic E-state index is 0.112. The number of unbranched alkanes of at least 4 members (excludes halogenated alkanes) is 7. The summed E-state index contributed by atoms with van der Waals surface area (Å²) >= 11 is 0. The normalized spacial score (nSPS) is 12.1. The zero-order chi connectivity index (χ0) is 15.9. The van der Waals surface area contributed by atoms with E-state index in [0.717, 1.165) is 19.3 Å². The van der Waals surface area contributed by atoms with Crippen LogP contribution in [0.3, 0.4) is 0 Å². The van der Waals surface area contributed by atoms with Gasteiger partial charge in [0, 0.05) is 0 Å². The average molecular weight is 300 g/mol. The molecule has 0 aromatic carbocycles. The van der Waals surface area contributed by atoms with Gasteiger partial charge in [-0.2, -0.15) is 0 Å². The van der Waals surface area contributed by atoms with E-state index in [9.17, 15) is 9.59 Å². The number of hydrogen-bond donors (Lipinski definition) is 1. The SMILES string of the molecule is CCCCCCCCCCC(CC(=O)O)C(=O)OCCC. The van der Waals surface area contributed by atoms with E-state index in [-0.39, 0.29) is 12.4 Å². The van der Waals surface area contributed by atoms with Crippen LogP contribution in [0.4, 0.5) is 0 Å². The highest BCUT2D eigenvalue weighted by Gasteiger charge is 2.22. The van der Waals surface area contributed by atoms with Crippen LogP contribution in [0.1, 0.15) is 84.5 Å². The fourth-order valence-electron chi connectivity index (χ4n) is 2.36. The number of hydrogen-bond acceptors (Lipinski definition) is 3. The molecule has 0 bridgehead atoms. The lowest BCUT2D eigenvalue weighted by Gasteiger charge is -2.13. The molecule has 1 N–H and O–H groups in total. The van der Waals surface area contributed by atoms with Gasteiger partial charge in [-0.05, 0) is 12.8 Å². The third kappa shape index (κ3) is 12.4. The number of carbonyl (C=O) groups is 2. The topological polar surface area (TPSA) is 63.6 Å². The highest BCUT2D eigenvalue weighted by Crippen LogP contribution is 2.17. The molecule has 0 aliphatic carbocycles. The molecule has 4 nitrogen and oxygen atoms in total. The number of carboxylic acid groups (broad SMARTS) is 1. The Morgan fingerprint density at radius 2 is 1.48 bits per heavy atom. The largest absolute Gasteiger partial charge is 0.481 e. The number of rotatable bonds is 14. The van der Waals surface area contributed by atoms with Crippen molar-refractivity contribution in [1.82, 2.24) is 0 Å². The molecule has 0 fully saturated rings. The summed E-state index contributed by atoms with van der Waals surface area (Å²) in [5, 5.41) is 8.87. The average Bonchev–Trinajstić information content (AvgIpc) is 2.45. The van der Waals surface area contributed by atoms with E-state index in [1.54, 1.807) is 0 Å². The summed E-state index contributed by atoms with van der Waals surface area (Å²) in [5.74, 6) is -1.75. The molecule has 0 aliphatic heterocycles. The number of aliphatic carboxylic acids is 1. The minimum Gasteiger partial charge on any atom is -0.481 e. The monoisotopic (exact) mass is 300 g/mol. The van der Waals surface area contributed by atoms with Crippen molar-refractivity contribution >= 4 is 11.9 Å². The van der Waals surface area contributed by atoms with Gasteiger partial charge in [-0.15, -0.1) is 0 Å². The summed E-state index contributed by atoms with van der Waals surface area (Å²) in [6.07, 6.45) is 10.8. The number of ether oxygens (including phenoxy) is 1. The molecule has 0 saturated carbocycles. The Labute approximate surface area is 129 Å². The van der Waals surface area contributed by atoms with E-state index >= 15 is 0 Å². The molecule has 0 amide bonds. The molecule has 0 aromatic heterocycles. The van der Waals surface area contributed by atoms with Gasteiger partial charge in [-0.3, -0.25) is 9.59 Å². The van der Waals surface area contributed by atoms with Gasteiger partial charge in [-0.1, -0.05) is 65.2 Å². The highest BCUT2D eigenvalue weighted by molar-refractivity contribution is 5.79. The third-order valence-corrected chi connectivity index (χ3v) is 3.61. The first kappa shape index (κ1) is 19.9. The van der Waals surface area contributed by atoms with E-state index in [2.05, 4.69) is 6.92 Å². The summed E-state index contributed by atoms with van der Waals surface area (Å²) < 4.78 is 5.07. The van der Waals surface area contributed by atoms with Crippen LogP contribution < -0.4 is 0 Å². The number of carbonyl (C=O) groups excluding carboxylic acids is 1. The van der Waals surface area contributed by atoms with Gasteiger partial charge < -0.3 is 9.84 Å². The molecule has 1 unspecified atom stereocenters. The Morgan fingerprint density at radius 3 is 2.00 bits per heavy atom. The van der Waals surface area contributed by atoms with E-state index in [1.807, 2.05) is 6.92 Å². The van der Waals surface area contributed by atoms with E-state index in [0.29, 0.717) is 13.0 Å². The van der Waals surface area contributed by atoms with Crippen molar-refractivity contribution in [3.8, 4) is 0 Å². The van der Waals surface area contributed by atoms with Gasteiger partial charge in [0.05, 0.1) is 18.9 Å². The van der Waals surface area contributed by atoms with Crippen molar-refractivity contribution in [2.75, 3.05) is 6.61 Å². The second kappa shape index (κ2) is 13.9. The molecule has 0 aliphatic rings. The first-order valence-electron chi connectivity index (χ1n) is 8.50. The Bertz CT molecular complexity index is 276. The highest BCUT2D eigenvalue weighted by atomic mass is 16.5. The van der Waals surface area contributed by atoms with E-state index in [4.69, 9.17) is 9.84 Å². The molecule has 4 heteroatoms. The van der Waals surface area contributed by atoms with Gasteiger partial charge >= 0.3 is 11.9 Å². The van der Waals surface area contributed by atoms with Gasteiger partial charge in [0.25, 0.3) is 0 Å². The predicted octanol–water partition coefficient (Wildman–Crippen LogP) is 4.56.